The van der Waals surface area contributed by atoms with Crippen LogP contribution < -0.4 is 5.73 Å². The van der Waals surface area contributed by atoms with Crippen molar-refractivity contribution in [3.63, 3.8) is 0 Å². The molecule has 1 amide bonds. The molecule has 0 heterocycles. The van der Waals surface area contributed by atoms with Gasteiger partial charge in [0.2, 0.25) is 5.78 Å². The van der Waals surface area contributed by atoms with Crippen molar-refractivity contribution in [3.8, 4) is 5.75 Å². The first-order valence-electron chi connectivity index (χ1n) is 11.8. The number of ketones is 3. The van der Waals surface area contributed by atoms with Gasteiger partial charge in [-0.3, -0.25) is 24.1 Å². The maximum atomic E-state index is 13.7. The third-order valence-electron chi connectivity index (χ3n) is 8.04. The summed E-state index contributed by atoms with van der Waals surface area (Å²) in [6.45, 7) is 3.43. The molecule has 0 spiro atoms. The van der Waals surface area contributed by atoms with Gasteiger partial charge in [0.25, 0.3) is 5.91 Å². The van der Waals surface area contributed by atoms with Gasteiger partial charge in [-0.05, 0) is 37.6 Å². The van der Waals surface area contributed by atoms with Crippen LogP contribution in [0, 0.1) is 17.8 Å². The van der Waals surface area contributed by atoms with Crippen molar-refractivity contribution in [1.82, 2.24) is 4.90 Å². The highest BCUT2D eigenvalue weighted by Crippen LogP contribution is 2.58. The number of likely N-dealkylation sites (N-methyl/N-ethyl adjacent to an activating group) is 1. The molecule has 6 N–H and O–H groups in total. The Hall–Kier alpha value is -3.50. The van der Waals surface area contributed by atoms with Gasteiger partial charge in [0.15, 0.2) is 11.4 Å². The number of fused-ring (bicyclic) bond motifs is 3. The normalized spacial score (nSPS) is 31.8. The lowest BCUT2D eigenvalue weighted by molar-refractivity contribution is -0.156. The molecule has 36 heavy (non-hydrogen) atoms. The van der Waals surface area contributed by atoms with E-state index in [1.165, 1.54) is 11.0 Å². The number of Topliss-reactive ketones (excluding diaryl/α,β-unsaturated/α-hetero) is 3. The number of phenols is 1. The van der Waals surface area contributed by atoms with E-state index in [1.807, 2.05) is 0 Å². The van der Waals surface area contributed by atoms with E-state index in [-0.39, 0.29) is 35.5 Å². The number of aliphatic hydroxyl groups is 3. The Morgan fingerprint density at radius 2 is 1.78 bits per heavy atom. The summed E-state index contributed by atoms with van der Waals surface area (Å²) in [5, 5.41) is 44.9. The van der Waals surface area contributed by atoms with Crippen molar-refractivity contribution < 1.29 is 39.6 Å². The topological polar surface area (TPSA) is 178 Å². The number of primary amides is 1. The summed E-state index contributed by atoms with van der Waals surface area (Å²) in [7, 11) is 3.10. The van der Waals surface area contributed by atoms with Crippen molar-refractivity contribution in [3.05, 3.63) is 52.0 Å². The third kappa shape index (κ3) is 3.24. The van der Waals surface area contributed by atoms with Gasteiger partial charge in [0.05, 0.1) is 11.6 Å². The maximum absolute atomic E-state index is 13.7. The molecule has 192 valence electrons. The minimum Gasteiger partial charge on any atom is -0.510 e. The van der Waals surface area contributed by atoms with E-state index < -0.39 is 69.9 Å². The van der Waals surface area contributed by atoms with Gasteiger partial charge in [-0.1, -0.05) is 26.0 Å². The quantitative estimate of drug-likeness (QED) is 0.374. The summed E-state index contributed by atoms with van der Waals surface area (Å²) in [4.78, 5) is 53.7. The molecule has 3 aliphatic rings. The van der Waals surface area contributed by atoms with Crippen LogP contribution in [-0.2, 0) is 14.4 Å². The predicted octanol–water partition coefficient (Wildman–Crippen LogP) is 1.28. The Morgan fingerprint density at radius 1 is 1.14 bits per heavy atom. The van der Waals surface area contributed by atoms with Gasteiger partial charge in [0, 0.05) is 30.3 Å². The molecular formula is C26H30N2O8. The van der Waals surface area contributed by atoms with Gasteiger partial charge in [0.1, 0.15) is 28.6 Å². The maximum Gasteiger partial charge on any atom is 0.255 e. The second-order valence-electron chi connectivity index (χ2n) is 10.1. The Balaban J connectivity index is 2.11. The van der Waals surface area contributed by atoms with Gasteiger partial charge in [-0.15, -0.1) is 0 Å². The molecule has 0 radical (unpaired) electrons. The van der Waals surface area contributed by atoms with Crippen LogP contribution >= 0.6 is 0 Å². The number of benzene rings is 1. The van der Waals surface area contributed by atoms with Crippen molar-refractivity contribution in [1.29, 1.82) is 0 Å². The molecule has 10 heteroatoms. The Labute approximate surface area is 207 Å². The number of nitrogens with two attached hydrogens (primary N) is 1. The Kier molecular flexibility index (Phi) is 6.09. The average molecular weight is 499 g/mol. The van der Waals surface area contributed by atoms with Crippen LogP contribution in [0.2, 0.25) is 0 Å². The lowest BCUT2D eigenvalue weighted by Gasteiger charge is -2.55. The standard InChI is InChI=1S/C26H30N2O8/c1-5-11(29)9-13-15-10(2)12-7-6-8-14(30)16(12)21(31)17(15)23(33)26(36)19(13)20(28(3)4)22(32)18(24(26)34)25(27)35/h6-8,10,13,15,19-20,30,32-33,36H,5,9H2,1-4H3,(H2,27,35)/t10-,13-,15+,19+,20-,26+/m1/s1. The highest BCUT2D eigenvalue weighted by Gasteiger charge is 2.67. The van der Waals surface area contributed by atoms with Gasteiger partial charge in [-0.25, -0.2) is 0 Å². The largest absolute Gasteiger partial charge is 0.510 e. The molecule has 3 aliphatic carbocycles. The van der Waals surface area contributed by atoms with Crippen molar-refractivity contribution in [2.45, 2.75) is 44.2 Å². The minimum atomic E-state index is -2.81. The minimum absolute atomic E-state index is 0.0636. The number of aliphatic hydroxyl groups excluding tert-OH is 2. The number of hydrogen-bond acceptors (Lipinski definition) is 9. The number of allylic oxidation sites excluding steroid dienone is 1. The Morgan fingerprint density at radius 3 is 2.33 bits per heavy atom. The second-order valence-corrected chi connectivity index (χ2v) is 10.1. The number of carbonyl (C=O) groups is 4. The second kappa shape index (κ2) is 8.56. The summed E-state index contributed by atoms with van der Waals surface area (Å²) >= 11 is 0. The van der Waals surface area contributed by atoms with Crippen LogP contribution in [0.15, 0.2) is 40.9 Å². The monoisotopic (exact) mass is 498 g/mol. The van der Waals surface area contributed by atoms with Crippen LogP contribution in [0.4, 0.5) is 0 Å². The fourth-order valence-electron chi connectivity index (χ4n) is 6.47. The molecule has 0 saturated heterocycles. The van der Waals surface area contributed by atoms with Crippen molar-refractivity contribution in [2.24, 2.45) is 23.5 Å². The van der Waals surface area contributed by atoms with Crippen LogP contribution in [0.25, 0.3) is 0 Å². The van der Waals surface area contributed by atoms with E-state index in [0.29, 0.717) is 5.56 Å². The van der Waals surface area contributed by atoms with Crippen LogP contribution in [0.5, 0.6) is 5.75 Å². The third-order valence-corrected chi connectivity index (χ3v) is 8.04. The van der Waals surface area contributed by atoms with E-state index in [2.05, 4.69) is 0 Å². The molecule has 0 unspecified atom stereocenters. The van der Waals surface area contributed by atoms with Crippen LogP contribution in [0.1, 0.15) is 48.5 Å². The smallest absolute Gasteiger partial charge is 0.255 e. The number of amides is 1. The highest BCUT2D eigenvalue weighted by molar-refractivity contribution is 6.25. The fourth-order valence-corrected chi connectivity index (χ4v) is 6.47. The van der Waals surface area contributed by atoms with E-state index in [9.17, 15) is 39.6 Å². The van der Waals surface area contributed by atoms with E-state index >= 15 is 0 Å². The zero-order valence-corrected chi connectivity index (χ0v) is 20.5. The zero-order chi connectivity index (χ0) is 26.9. The zero-order valence-electron chi connectivity index (χ0n) is 20.5. The first-order valence-corrected chi connectivity index (χ1v) is 11.8. The molecule has 0 aromatic heterocycles. The fraction of sp³-hybridized carbons (Fsp3) is 0.462. The summed E-state index contributed by atoms with van der Waals surface area (Å²) in [5.41, 5.74) is 1.84. The lowest BCUT2D eigenvalue weighted by Crippen LogP contribution is -2.67. The molecule has 6 atom stereocenters. The molecular weight excluding hydrogens is 468 g/mol. The first-order chi connectivity index (χ1) is 16.8. The van der Waals surface area contributed by atoms with Gasteiger partial charge < -0.3 is 26.2 Å². The number of aromatic hydroxyl groups is 1. The Bertz CT molecular complexity index is 1260. The predicted molar refractivity (Wildman–Crippen MR) is 127 cm³/mol. The van der Waals surface area contributed by atoms with Crippen molar-refractivity contribution >= 4 is 23.3 Å². The van der Waals surface area contributed by atoms with Gasteiger partial charge in [-0.2, -0.15) is 0 Å². The molecule has 1 aromatic carbocycles. The highest BCUT2D eigenvalue weighted by atomic mass is 16.3. The van der Waals surface area contributed by atoms with Gasteiger partial charge >= 0.3 is 0 Å². The molecule has 4 rings (SSSR count). The van der Waals surface area contributed by atoms with Crippen LogP contribution in [-0.4, -0.2) is 74.3 Å². The molecule has 0 bridgehead atoms. The molecule has 0 aliphatic heterocycles. The van der Waals surface area contributed by atoms with Crippen molar-refractivity contribution in [2.75, 3.05) is 14.1 Å². The van der Waals surface area contributed by atoms with E-state index in [1.54, 1.807) is 40.1 Å². The van der Waals surface area contributed by atoms with E-state index in [4.69, 9.17) is 5.73 Å². The summed E-state index contributed by atoms with van der Waals surface area (Å²) in [6.07, 6.45) is -0.0124. The van der Waals surface area contributed by atoms with E-state index in [0.717, 1.165) is 0 Å². The number of carbonyl (C=O) groups excluding carboxylic acids is 4. The number of hydrogen-bond donors (Lipinski definition) is 5. The number of nitrogens with zero attached hydrogens (tertiary/aromatic N) is 1. The number of phenolic OH excluding ortho intramolecular Hbond substituents is 1. The summed E-state index contributed by atoms with van der Waals surface area (Å²) in [6, 6.07) is 3.39. The lowest BCUT2D eigenvalue weighted by atomic mass is 9.51. The first kappa shape index (κ1) is 25.6. The molecule has 0 fully saturated rings. The van der Waals surface area contributed by atoms with Crippen LogP contribution in [0.3, 0.4) is 0 Å². The summed E-state index contributed by atoms with van der Waals surface area (Å²) < 4.78 is 0. The average Bonchev–Trinajstić information content (AvgIpc) is 2.80. The number of rotatable bonds is 5. The molecule has 10 nitrogen and oxygen atoms in total. The summed E-state index contributed by atoms with van der Waals surface area (Å²) in [5.74, 6) is -9.09. The molecule has 0 saturated carbocycles. The SMILES string of the molecule is CCC(=O)C[C@@H]1[C@H]2C(=C(O)[C@]3(O)C(=O)C(C(N)=O)=C(O)[C@H](N(C)C)[C@H]13)C(=O)c1c(O)cccc1[C@H]2C. The molecule has 1 aromatic rings.